The minimum atomic E-state index is 0.303. The van der Waals surface area contributed by atoms with E-state index < -0.39 is 0 Å². The van der Waals surface area contributed by atoms with E-state index in [1.54, 1.807) is 12.1 Å². The van der Waals surface area contributed by atoms with Crippen LogP contribution in [0.4, 0.5) is 5.69 Å². The van der Waals surface area contributed by atoms with Crippen LogP contribution in [-0.4, -0.2) is 16.0 Å². The van der Waals surface area contributed by atoms with Gasteiger partial charge < -0.3 is 10.8 Å². The van der Waals surface area contributed by atoms with Crippen LogP contribution in [0.15, 0.2) is 48.5 Å². The molecular weight excluding hydrogens is 248 g/mol. The van der Waals surface area contributed by atoms with E-state index in [1.165, 1.54) is 5.56 Å². The van der Waals surface area contributed by atoms with Crippen molar-refractivity contribution in [3.05, 3.63) is 59.7 Å². The fourth-order valence-corrected chi connectivity index (χ4v) is 2.15. The molecule has 2 aromatic carbocycles. The van der Waals surface area contributed by atoms with Crippen LogP contribution >= 0.6 is 0 Å². The van der Waals surface area contributed by atoms with Crippen LogP contribution in [0.1, 0.15) is 25.0 Å². The van der Waals surface area contributed by atoms with Crippen molar-refractivity contribution in [2.75, 3.05) is 5.73 Å². The van der Waals surface area contributed by atoms with E-state index in [2.05, 4.69) is 24.8 Å². The molecule has 0 bridgehead atoms. The van der Waals surface area contributed by atoms with Crippen molar-refractivity contribution < 1.29 is 5.11 Å². The first-order chi connectivity index (χ1) is 9.56. The minimum Gasteiger partial charge on any atom is -0.508 e. The van der Waals surface area contributed by atoms with Gasteiger partial charge in [0.25, 0.3) is 0 Å². The summed E-state index contributed by atoms with van der Waals surface area (Å²) in [4.78, 5) is 2.36. The predicted octanol–water partition coefficient (Wildman–Crippen LogP) is 3.39. The maximum Gasteiger partial charge on any atom is 0.115 e. The molecule has 0 spiro atoms. The Balaban J connectivity index is 2.11. The molecule has 0 saturated heterocycles. The van der Waals surface area contributed by atoms with Gasteiger partial charge in [-0.15, -0.1) is 0 Å². The molecular formula is C17H22N2O. The van der Waals surface area contributed by atoms with Gasteiger partial charge in [0.2, 0.25) is 0 Å². The van der Waals surface area contributed by atoms with Crippen molar-refractivity contribution in [2.24, 2.45) is 0 Å². The van der Waals surface area contributed by atoms with E-state index in [0.29, 0.717) is 11.8 Å². The van der Waals surface area contributed by atoms with Crippen LogP contribution in [0, 0.1) is 0 Å². The van der Waals surface area contributed by atoms with Crippen LogP contribution in [-0.2, 0) is 13.1 Å². The van der Waals surface area contributed by atoms with E-state index in [1.807, 2.05) is 30.3 Å². The molecule has 2 rings (SSSR count). The Morgan fingerprint density at radius 3 is 2.25 bits per heavy atom. The van der Waals surface area contributed by atoms with Gasteiger partial charge >= 0.3 is 0 Å². The molecule has 2 aromatic rings. The summed E-state index contributed by atoms with van der Waals surface area (Å²) in [5.41, 5.74) is 9.20. The molecule has 3 heteroatoms. The highest BCUT2D eigenvalue weighted by Gasteiger charge is 2.12. The Labute approximate surface area is 120 Å². The number of hydrogen-bond acceptors (Lipinski definition) is 3. The summed E-state index contributed by atoms with van der Waals surface area (Å²) in [6.07, 6.45) is 0. The molecule has 0 aromatic heterocycles. The van der Waals surface area contributed by atoms with E-state index in [-0.39, 0.29) is 0 Å². The smallest absolute Gasteiger partial charge is 0.115 e. The summed E-state index contributed by atoms with van der Waals surface area (Å²) >= 11 is 0. The minimum absolute atomic E-state index is 0.303. The highest BCUT2D eigenvalue weighted by Crippen LogP contribution is 2.18. The summed E-state index contributed by atoms with van der Waals surface area (Å²) in [5.74, 6) is 0.303. The molecule has 0 fully saturated rings. The molecule has 0 radical (unpaired) electrons. The topological polar surface area (TPSA) is 49.5 Å². The summed E-state index contributed by atoms with van der Waals surface area (Å²) in [7, 11) is 0. The SMILES string of the molecule is CC(C)N(Cc1ccc(O)cc1)Cc1ccccc1N. The Morgan fingerprint density at radius 2 is 1.65 bits per heavy atom. The van der Waals surface area contributed by atoms with E-state index in [4.69, 9.17) is 5.73 Å². The molecule has 3 N–H and O–H groups in total. The second-order valence-corrected chi connectivity index (χ2v) is 5.36. The zero-order valence-electron chi connectivity index (χ0n) is 12.1. The molecule has 3 nitrogen and oxygen atoms in total. The number of aromatic hydroxyl groups is 1. The number of benzene rings is 2. The van der Waals surface area contributed by atoms with Crippen molar-refractivity contribution in [1.29, 1.82) is 0 Å². The molecule has 0 aliphatic carbocycles. The normalized spacial score (nSPS) is 11.2. The summed E-state index contributed by atoms with van der Waals surface area (Å²) in [6, 6.07) is 15.8. The van der Waals surface area contributed by atoms with Crippen molar-refractivity contribution >= 4 is 5.69 Å². The maximum absolute atomic E-state index is 9.34. The van der Waals surface area contributed by atoms with Gasteiger partial charge in [-0.25, -0.2) is 0 Å². The fraction of sp³-hybridized carbons (Fsp3) is 0.294. The average Bonchev–Trinajstić information content (AvgIpc) is 2.42. The number of phenolic OH excluding ortho intramolecular Hbond substituents is 1. The monoisotopic (exact) mass is 270 g/mol. The van der Waals surface area contributed by atoms with Crippen molar-refractivity contribution in [1.82, 2.24) is 4.90 Å². The molecule has 0 amide bonds. The number of nitrogens with zero attached hydrogens (tertiary/aromatic N) is 1. The molecule has 20 heavy (non-hydrogen) atoms. The van der Waals surface area contributed by atoms with Gasteiger partial charge in [0.05, 0.1) is 0 Å². The van der Waals surface area contributed by atoms with Gasteiger partial charge in [-0.1, -0.05) is 30.3 Å². The predicted molar refractivity (Wildman–Crippen MR) is 83.3 cm³/mol. The third-order valence-electron chi connectivity index (χ3n) is 3.48. The van der Waals surface area contributed by atoms with E-state index in [9.17, 15) is 5.11 Å². The quantitative estimate of drug-likeness (QED) is 0.819. The number of para-hydroxylation sites is 1. The van der Waals surface area contributed by atoms with E-state index in [0.717, 1.165) is 24.3 Å². The Kier molecular flexibility index (Phi) is 4.64. The number of anilines is 1. The first kappa shape index (κ1) is 14.4. The highest BCUT2D eigenvalue weighted by atomic mass is 16.3. The lowest BCUT2D eigenvalue weighted by Crippen LogP contribution is -2.30. The van der Waals surface area contributed by atoms with Crippen LogP contribution in [0.5, 0.6) is 5.75 Å². The molecule has 0 heterocycles. The summed E-state index contributed by atoms with van der Waals surface area (Å²) < 4.78 is 0. The molecule has 106 valence electrons. The third-order valence-corrected chi connectivity index (χ3v) is 3.48. The lowest BCUT2D eigenvalue weighted by atomic mass is 10.1. The number of rotatable bonds is 5. The molecule has 0 aliphatic heterocycles. The van der Waals surface area contributed by atoms with Crippen molar-refractivity contribution in [2.45, 2.75) is 33.0 Å². The average molecular weight is 270 g/mol. The van der Waals surface area contributed by atoms with Crippen LogP contribution in [0.2, 0.25) is 0 Å². The molecule has 0 atom stereocenters. The first-order valence-electron chi connectivity index (χ1n) is 6.91. The van der Waals surface area contributed by atoms with Gasteiger partial charge in [0.1, 0.15) is 5.75 Å². The number of hydrogen-bond donors (Lipinski definition) is 2. The Bertz CT molecular complexity index is 549. The summed E-state index contributed by atoms with van der Waals surface area (Å²) in [6.45, 7) is 6.02. The number of nitrogens with two attached hydrogens (primary N) is 1. The maximum atomic E-state index is 9.34. The van der Waals surface area contributed by atoms with Gasteiger partial charge in [0, 0.05) is 24.8 Å². The van der Waals surface area contributed by atoms with Crippen LogP contribution < -0.4 is 5.73 Å². The lowest BCUT2D eigenvalue weighted by Gasteiger charge is -2.27. The van der Waals surface area contributed by atoms with Gasteiger partial charge in [0.15, 0.2) is 0 Å². The highest BCUT2D eigenvalue weighted by molar-refractivity contribution is 5.46. The van der Waals surface area contributed by atoms with Gasteiger partial charge in [-0.2, -0.15) is 0 Å². The zero-order valence-corrected chi connectivity index (χ0v) is 12.1. The third kappa shape index (κ3) is 3.75. The summed E-state index contributed by atoms with van der Waals surface area (Å²) in [5, 5.41) is 9.34. The van der Waals surface area contributed by atoms with Gasteiger partial charge in [-0.3, -0.25) is 4.90 Å². The molecule has 0 saturated carbocycles. The second-order valence-electron chi connectivity index (χ2n) is 5.36. The lowest BCUT2D eigenvalue weighted by molar-refractivity contribution is 0.204. The number of phenols is 1. The van der Waals surface area contributed by atoms with Crippen LogP contribution in [0.3, 0.4) is 0 Å². The Morgan fingerprint density at radius 1 is 1.00 bits per heavy atom. The van der Waals surface area contributed by atoms with Crippen LogP contribution in [0.25, 0.3) is 0 Å². The fourth-order valence-electron chi connectivity index (χ4n) is 2.15. The zero-order chi connectivity index (χ0) is 14.5. The van der Waals surface area contributed by atoms with Gasteiger partial charge in [-0.05, 0) is 43.2 Å². The molecule has 0 aliphatic rings. The Hall–Kier alpha value is -2.00. The largest absolute Gasteiger partial charge is 0.508 e. The van der Waals surface area contributed by atoms with Crippen molar-refractivity contribution in [3.63, 3.8) is 0 Å². The van der Waals surface area contributed by atoms with E-state index >= 15 is 0 Å². The first-order valence-corrected chi connectivity index (χ1v) is 6.91. The van der Waals surface area contributed by atoms with Crippen molar-refractivity contribution in [3.8, 4) is 5.75 Å². The molecule has 0 unspecified atom stereocenters. The standard InChI is InChI=1S/C17H22N2O/c1-13(2)19(11-14-7-9-16(20)10-8-14)12-15-5-3-4-6-17(15)18/h3-10,13,20H,11-12,18H2,1-2H3. The second kappa shape index (κ2) is 6.44. The number of nitrogen functional groups attached to an aromatic ring is 1.